The summed E-state index contributed by atoms with van der Waals surface area (Å²) in [5.74, 6) is -0.0819. The van der Waals surface area contributed by atoms with E-state index in [0.717, 1.165) is 5.39 Å². The molecule has 6 nitrogen and oxygen atoms in total. The number of methoxy groups -OCH3 is 1. The SMILES string of the molecule is COCC(=O)Cn1ccc2ccc([N+](=O)[O-])cc21. The third-order valence-corrected chi connectivity index (χ3v) is 2.62. The van der Waals surface area contributed by atoms with E-state index >= 15 is 0 Å². The molecule has 0 aliphatic carbocycles. The van der Waals surface area contributed by atoms with E-state index in [2.05, 4.69) is 0 Å². The zero-order valence-corrected chi connectivity index (χ0v) is 9.83. The minimum Gasteiger partial charge on any atom is -0.377 e. The van der Waals surface area contributed by atoms with Gasteiger partial charge in [-0.15, -0.1) is 0 Å². The number of nitro groups is 1. The largest absolute Gasteiger partial charge is 0.377 e. The van der Waals surface area contributed by atoms with Crippen LogP contribution in [-0.4, -0.2) is 29.0 Å². The molecule has 2 aromatic rings. The lowest BCUT2D eigenvalue weighted by Crippen LogP contribution is -2.14. The van der Waals surface area contributed by atoms with Crippen LogP contribution in [0.5, 0.6) is 0 Å². The van der Waals surface area contributed by atoms with Gasteiger partial charge in [0.05, 0.1) is 17.0 Å². The summed E-state index contributed by atoms with van der Waals surface area (Å²) in [6, 6.07) is 6.41. The van der Waals surface area contributed by atoms with Gasteiger partial charge in [0.15, 0.2) is 5.78 Å². The third kappa shape index (κ3) is 2.38. The molecule has 0 N–H and O–H groups in total. The second kappa shape index (κ2) is 4.97. The number of ether oxygens (including phenoxy) is 1. The quantitative estimate of drug-likeness (QED) is 0.597. The summed E-state index contributed by atoms with van der Waals surface area (Å²) in [5, 5.41) is 11.6. The Balaban J connectivity index is 2.36. The van der Waals surface area contributed by atoms with Crippen LogP contribution < -0.4 is 0 Å². The van der Waals surface area contributed by atoms with E-state index in [1.165, 1.54) is 19.2 Å². The van der Waals surface area contributed by atoms with Crippen molar-refractivity contribution >= 4 is 22.4 Å². The summed E-state index contributed by atoms with van der Waals surface area (Å²) in [6.45, 7) is 0.188. The number of fused-ring (bicyclic) bond motifs is 1. The lowest BCUT2D eigenvalue weighted by atomic mass is 10.2. The van der Waals surface area contributed by atoms with Gasteiger partial charge in [-0.1, -0.05) is 0 Å². The Kier molecular flexibility index (Phi) is 3.38. The molecule has 0 aliphatic heterocycles. The molecule has 0 fully saturated rings. The summed E-state index contributed by atoms with van der Waals surface area (Å²) in [7, 11) is 1.45. The van der Waals surface area contributed by atoms with Crippen LogP contribution in [0.4, 0.5) is 5.69 Å². The fourth-order valence-corrected chi connectivity index (χ4v) is 1.82. The molecule has 0 amide bonds. The molecule has 0 radical (unpaired) electrons. The summed E-state index contributed by atoms with van der Waals surface area (Å²) in [6.07, 6.45) is 1.74. The van der Waals surface area contributed by atoms with E-state index in [0.29, 0.717) is 5.52 Å². The molecular weight excluding hydrogens is 236 g/mol. The standard InChI is InChI=1S/C12H12N2O4/c1-18-8-11(15)7-13-5-4-9-2-3-10(14(16)17)6-12(9)13/h2-6H,7-8H2,1H3. The number of carbonyl (C=O) groups is 1. The predicted octanol–water partition coefficient (Wildman–Crippen LogP) is 1.77. The topological polar surface area (TPSA) is 74.4 Å². The molecule has 94 valence electrons. The number of nitro benzene ring substituents is 1. The molecule has 0 unspecified atom stereocenters. The molecule has 0 saturated heterocycles. The van der Waals surface area contributed by atoms with Crippen LogP contribution in [0.2, 0.25) is 0 Å². The fourth-order valence-electron chi connectivity index (χ4n) is 1.82. The van der Waals surface area contributed by atoms with Crippen molar-refractivity contribution in [2.24, 2.45) is 0 Å². The molecule has 18 heavy (non-hydrogen) atoms. The Hall–Kier alpha value is -2.21. The van der Waals surface area contributed by atoms with Gasteiger partial charge in [0, 0.05) is 30.8 Å². The van der Waals surface area contributed by atoms with Gasteiger partial charge in [-0.05, 0) is 12.1 Å². The summed E-state index contributed by atoms with van der Waals surface area (Å²) < 4.78 is 6.44. The molecule has 6 heteroatoms. The summed E-state index contributed by atoms with van der Waals surface area (Å²) >= 11 is 0. The molecule has 2 rings (SSSR count). The van der Waals surface area contributed by atoms with Gasteiger partial charge in [-0.3, -0.25) is 14.9 Å². The number of benzene rings is 1. The van der Waals surface area contributed by atoms with E-state index < -0.39 is 4.92 Å². The minimum absolute atomic E-state index is 0.0154. The van der Waals surface area contributed by atoms with Crippen molar-refractivity contribution in [3.8, 4) is 0 Å². The van der Waals surface area contributed by atoms with Crippen LogP contribution in [0.15, 0.2) is 30.5 Å². The molecule has 0 saturated carbocycles. The molecule has 1 heterocycles. The van der Waals surface area contributed by atoms with Gasteiger partial charge < -0.3 is 9.30 Å². The van der Waals surface area contributed by atoms with Crippen LogP contribution >= 0.6 is 0 Å². The number of non-ortho nitro benzene ring substituents is 1. The van der Waals surface area contributed by atoms with E-state index in [4.69, 9.17) is 4.74 Å². The second-order valence-electron chi connectivity index (χ2n) is 3.92. The van der Waals surface area contributed by atoms with E-state index in [9.17, 15) is 14.9 Å². The van der Waals surface area contributed by atoms with Crippen LogP contribution in [0.3, 0.4) is 0 Å². The van der Waals surface area contributed by atoms with Crippen molar-refractivity contribution in [2.75, 3.05) is 13.7 Å². The van der Waals surface area contributed by atoms with Crippen LogP contribution in [-0.2, 0) is 16.1 Å². The first-order chi connectivity index (χ1) is 8.61. The molecule has 1 aromatic heterocycles. The van der Waals surface area contributed by atoms with Crippen molar-refractivity contribution in [3.63, 3.8) is 0 Å². The smallest absolute Gasteiger partial charge is 0.271 e. The number of Topliss-reactive ketones (excluding diaryl/α,β-unsaturated/α-hetero) is 1. The maximum absolute atomic E-state index is 11.5. The first-order valence-corrected chi connectivity index (χ1v) is 5.35. The average molecular weight is 248 g/mol. The first kappa shape index (κ1) is 12.3. The van der Waals surface area contributed by atoms with Gasteiger partial charge in [0.1, 0.15) is 6.61 Å². The Morgan fingerprint density at radius 1 is 1.44 bits per heavy atom. The zero-order valence-electron chi connectivity index (χ0n) is 9.83. The van der Waals surface area contributed by atoms with Crippen molar-refractivity contribution in [1.29, 1.82) is 0 Å². The number of carbonyl (C=O) groups excluding carboxylic acids is 1. The monoisotopic (exact) mass is 248 g/mol. The van der Waals surface area contributed by atoms with Gasteiger partial charge in [0.2, 0.25) is 0 Å². The Bertz CT molecular complexity index is 603. The van der Waals surface area contributed by atoms with Crippen molar-refractivity contribution < 1.29 is 14.5 Å². The predicted molar refractivity (Wildman–Crippen MR) is 65.5 cm³/mol. The number of ketones is 1. The number of aromatic nitrogens is 1. The number of hydrogen-bond donors (Lipinski definition) is 0. The summed E-state index contributed by atoms with van der Waals surface area (Å²) in [5.41, 5.74) is 0.690. The number of hydrogen-bond acceptors (Lipinski definition) is 4. The highest BCUT2D eigenvalue weighted by Crippen LogP contribution is 2.21. The maximum atomic E-state index is 11.5. The molecule has 0 aliphatic rings. The van der Waals surface area contributed by atoms with Crippen molar-refractivity contribution in [1.82, 2.24) is 4.57 Å². The van der Waals surface area contributed by atoms with Crippen LogP contribution in [0.25, 0.3) is 10.9 Å². The highest BCUT2D eigenvalue weighted by atomic mass is 16.6. The van der Waals surface area contributed by atoms with Gasteiger partial charge in [-0.25, -0.2) is 0 Å². The van der Waals surface area contributed by atoms with Crippen molar-refractivity contribution in [3.05, 3.63) is 40.6 Å². The van der Waals surface area contributed by atoms with E-state index in [-0.39, 0.29) is 24.6 Å². The highest BCUT2D eigenvalue weighted by Gasteiger charge is 2.10. The van der Waals surface area contributed by atoms with Crippen LogP contribution in [0, 0.1) is 10.1 Å². The number of nitrogens with zero attached hydrogens (tertiary/aromatic N) is 2. The van der Waals surface area contributed by atoms with Crippen LogP contribution in [0.1, 0.15) is 0 Å². The van der Waals surface area contributed by atoms with Gasteiger partial charge in [0.25, 0.3) is 5.69 Å². The normalized spacial score (nSPS) is 10.7. The first-order valence-electron chi connectivity index (χ1n) is 5.35. The third-order valence-electron chi connectivity index (χ3n) is 2.62. The lowest BCUT2D eigenvalue weighted by Gasteiger charge is -2.04. The molecule has 0 bridgehead atoms. The maximum Gasteiger partial charge on any atom is 0.271 e. The average Bonchev–Trinajstić information content (AvgIpc) is 2.72. The lowest BCUT2D eigenvalue weighted by molar-refractivity contribution is -0.384. The van der Waals surface area contributed by atoms with Gasteiger partial charge >= 0.3 is 0 Å². The fraction of sp³-hybridized carbons (Fsp3) is 0.250. The van der Waals surface area contributed by atoms with E-state index in [1.54, 1.807) is 16.8 Å². The number of rotatable bonds is 5. The Morgan fingerprint density at radius 2 is 2.22 bits per heavy atom. The highest BCUT2D eigenvalue weighted by molar-refractivity contribution is 5.85. The second-order valence-corrected chi connectivity index (χ2v) is 3.92. The summed E-state index contributed by atoms with van der Waals surface area (Å²) in [4.78, 5) is 21.8. The molecule has 0 atom stereocenters. The molecular formula is C12H12N2O4. The molecule has 0 spiro atoms. The van der Waals surface area contributed by atoms with Crippen molar-refractivity contribution in [2.45, 2.75) is 6.54 Å². The minimum atomic E-state index is -0.451. The zero-order chi connectivity index (χ0) is 13.1. The van der Waals surface area contributed by atoms with E-state index in [1.807, 2.05) is 6.07 Å². The molecule has 1 aromatic carbocycles. The Labute approximate surface area is 103 Å². The Morgan fingerprint density at radius 3 is 2.89 bits per heavy atom. The van der Waals surface area contributed by atoms with Gasteiger partial charge in [-0.2, -0.15) is 0 Å².